The fraction of sp³-hybridized carbons (Fsp3) is 0.733. The quantitative estimate of drug-likeness (QED) is 0.883. The molecule has 0 bridgehead atoms. The van der Waals surface area contributed by atoms with Crippen molar-refractivity contribution in [3.05, 3.63) is 21.9 Å². The zero-order valence-corrected chi connectivity index (χ0v) is 12.6. The van der Waals surface area contributed by atoms with Gasteiger partial charge in [-0.15, -0.1) is 11.3 Å². The van der Waals surface area contributed by atoms with E-state index in [0.29, 0.717) is 12.6 Å². The van der Waals surface area contributed by atoms with Gasteiger partial charge in [0, 0.05) is 36.0 Å². The van der Waals surface area contributed by atoms with Crippen LogP contribution in [0.5, 0.6) is 0 Å². The van der Waals surface area contributed by atoms with Crippen LogP contribution in [0, 0.1) is 5.41 Å². The molecule has 2 unspecified atom stereocenters. The van der Waals surface area contributed by atoms with Gasteiger partial charge in [0.1, 0.15) is 0 Å². The summed E-state index contributed by atoms with van der Waals surface area (Å²) in [5, 5.41) is 11.9. The van der Waals surface area contributed by atoms with Crippen molar-refractivity contribution in [1.82, 2.24) is 4.90 Å². The molecule has 2 nitrogen and oxygen atoms in total. The molecule has 102 valence electrons. The first-order chi connectivity index (χ1) is 8.59. The van der Waals surface area contributed by atoms with Gasteiger partial charge in [0.25, 0.3) is 0 Å². The minimum atomic E-state index is 0.0521. The van der Waals surface area contributed by atoms with E-state index in [1.54, 1.807) is 4.88 Å². The molecule has 18 heavy (non-hydrogen) atoms. The summed E-state index contributed by atoms with van der Waals surface area (Å²) in [4.78, 5) is 4.10. The van der Waals surface area contributed by atoms with Gasteiger partial charge in [-0.25, -0.2) is 0 Å². The monoisotopic (exact) mass is 267 g/mol. The molecule has 0 radical (unpaired) electrons. The average Bonchev–Trinajstić information content (AvgIpc) is 2.82. The predicted octanol–water partition coefficient (Wildman–Crippen LogP) is 3.47. The minimum Gasteiger partial charge on any atom is -0.396 e. The first-order valence-electron chi connectivity index (χ1n) is 7.01. The fourth-order valence-corrected chi connectivity index (χ4v) is 4.04. The molecule has 2 heterocycles. The molecule has 0 fully saturated rings. The van der Waals surface area contributed by atoms with Crippen molar-refractivity contribution in [2.24, 2.45) is 5.41 Å². The summed E-state index contributed by atoms with van der Waals surface area (Å²) in [5.41, 5.74) is 1.55. The standard InChI is InChI=1S/C15H25NOS/c1-4-7-15(3,11-17)10-16-8-5-14-13(12(16)2)6-9-18-14/h6,9,12,17H,4-5,7-8,10-11H2,1-3H3. The van der Waals surface area contributed by atoms with E-state index in [9.17, 15) is 5.11 Å². The number of aliphatic hydroxyl groups excluding tert-OH is 1. The van der Waals surface area contributed by atoms with Gasteiger partial charge in [0.2, 0.25) is 0 Å². The third kappa shape index (κ3) is 2.79. The molecule has 2 rings (SSSR count). The normalized spacial score (nSPS) is 23.7. The summed E-state index contributed by atoms with van der Waals surface area (Å²) in [6.07, 6.45) is 3.41. The Kier molecular flexibility index (Phi) is 4.46. The highest BCUT2D eigenvalue weighted by atomic mass is 32.1. The number of hydrogen-bond donors (Lipinski definition) is 1. The SMILES string of the molecule is CCCC(C)(CO)CN1CCc2sccc2C1C. The third-order valence-electron chi connectivity index (χ3n) is 4.22. The highest BCUT2D eigenvalue weighted by Gasteiger charge is 2.31. The van der Waals surface area contributed by atoms with Gasteiger partial charge in [0.15, 0.2) is 0 Å². The van der Waals surface area contributed by atoms with Gasteiger partial charge < -0.3 is 5.11 Å². The Morgan fingerprint density at radius 2 is 2.33 bits per heavy atom. The highest BCUT2D eigenvalue weighted by Crippen LogP contribution is 2.35. The molecule has 3 heteroatoms. The molecule has 1 aromatic heterocycles. The Bertz CT molecular complexity index is 390. The van der Waals surface area contributed by atoms with Gasteiger partial charge in [-0.2, -0.15) is 0 Å². The maximum absolute atomic E-state index is 9.66. The van der Waals surface area contributed by atoms with Crippen molar-refractivity contribution < 1.29 is 5.11 Å². The zero-order chi connectivity index (χ0) is 13.2. The summed E-state index contributed by atoms with van der Waals surface area (Å²) < 4.78 is 0. The number of thiophene rings is 1. The van der Waals surface area contributed by atoms with E-state index in [1.807, 2.05) is 11.3 Å². The van der Waals surface area contributed by atoms with Crippen LogP contribution < -0.4 is 0 Å². The van der Waals surface area contributed by atoms with Crippen molar-refractivity contribution >= 4 is 11.3 Å². The number of aliphatic hydroxyl groups is 1. The summed E-state index contributed by atoms with van der Waals surface area (Å²) in [6.45, 7) is 9.15. The van der Waals surface area contributed by atoms with Gasteiger partial charge in [-0.1, -0.05) is 20.3 Å². The molecule has 0 saturated heterocycles. The van der Waals surface area contributed by atoms with Crippen LogP contribution in [-0.4, -0.2) is 29.7 Å². The molecule has 0 saturated carbocycles. The third-order valence-corrected chi connectivity index (χ3v) is 5.22. The molecule has 1 aliphatic rings. The summed E-state index contributed by atoms with van der Waals surface area (Å²) in [5.74, 6) is 0. The fourth-order valence-electron chi connectivity index (χ4n) is 3.08. The lowest BCUT2D eigenvalue weighted by molar-refractivity contribution is 0.0592. The smallest absolute Gasteiger partial charge is 0.0497 e. The zero-order valence-electron chi connectivity index (χ0n) is 11.8. The molecule has 1 aliphatic heterocycles. The molecule has 0 amide bonds. The predicted molar refractivity (Wildman–Crippen MR) is 78.1 cm³/mol. The molecule has 1 aromatic rings. The maximum Gasteiger partial charge on any atom is 0.0497 e. The first kappa shape index (κ1) is 14.0. The Labute approximate surface area is 115 Å². The van der Waals surface area contributed by atoms with Gasteiger partial charge in [0.05, 0.1) is 0 Å². The molecule has 0 spiro atoms. The van der Waals surface area contributed by atoms with Crippen LogP contribution >= 0.6 is 11.3 Å². The Hall–Kier alpha value is -0.380. The summed E-state index contributed by atoms with van der Waals surface area (Å²) >= 11 is 1.89. The van der Waals surface area contributed by atoms with Crippen LogP contribution in [0.4, 0.5) is 0 Å². The van der Waals surface area contributed by atoms with Crippen LogP contribution in [0.15, 0.2) is 11.4 Å². The molecule has 2 atom stereocenters. The largest absolute Gasteiger partial charge is 0.396 e. The lowest BCUT2D eigenvalue weighted by atomic mass is 9.84. The van der Waals surface area contributed by atoms with Gasteiger partial charge in [-0.05, 0) is 36.8 Å². The minimum absolute atomic E-state index is 0.0521. The van der Waals surface area contributed by atoms with E-state index in [0.717, 1.165) is 25.9 Å². The summed E-state index contributed by atoms with van der Waals surface area (Å²) in [7, 11) is 0. The highest BCUT2D eigenvalue weighted by molar-refractivity contribution is 7.10. The Morgan fingerprint density at radius 1 is 1.56 bits per heavy atom. The lowest BCUT2D eigenvalue weighted by Gasteiger charge is -2.40. The van der Waals surface area contributed by atoms with E-state index in [1.165, 1.54) is 12.0 Å². The topological polar surface area (TPSA) is 23.5 Å². The lowest BCUT2D eigenvalue weighted by Crippen LogP contribution is -2.42. The van der Waals surface area contributed by atoms with Gasteiger partial charge in [-0.3, -0.25) is 4.90 Å². The van der Waals surface area contributed by atoms with Crippen LogP contribution in [0.3, 0.4) is 0 Å². The first-order valence-corrected chi connectivity index (χ1v) is 7.89. The van der Waals surface area contributed by atoms with Crippen LogP contribution in [0.25, 0.3) is 0 Å². The summed E-state index contributed by atoms with van der Waals surface area (Å²) in [6, 6.07) is 2.77. The molecule has 0 aliphatic carbocycles. The number of rotatable bonds is 5. The van der Waals surface area contributed by atoms with Crippen LogP contribution in [0.2, 0.25) is 0 Å². The molecular weight excluding hydrogens is 242 g/mol. The second-order valence-electron chi connectivity index (χ2n) is 5.91. The second-order valence-corrected chi connectivity index (χ2v) is 6.92. The maximum atomic E-state index is 9.66. The van der Waals surface area contributed by atoms with Gasteiger partial charge >= 0.3 is 0 Å². The molecular formula is C15H25NOS. The Morgan fingerprint density at radius 3 is 3.00 bits per heavy atom. The van der Waals surface area contributed by atoms with Crippen molar-refractivity contribution in [3.63, 3.8) is 0 Å². The van der Waals surface area contributed by atoms with E-state index in [2.05, 4.69) is 37.1 Å². The van der Waals surface area contributed by atoms with Crippen LogP contribution in [0.1, 0.15) is 50.1 Å². The average molecular weight is 267 g/mol. The van der Waals surface area contributed by atoms with E-state index in [4.69, 9.17) is 0 Å². The molecule has 0 aromatic carbocycles. The van der Waals surface area contributed by atoms with E-state index >= 15 is 0 Å². The van der Waals surface area contributed by atoms with Crippen molar-refractivity contribution in [2.45, 2.75) is 46.1 Å². The number of hydrogen-bond acceptors (Lipinski definition) is 3. The van der Waals surface area contributed by atoms with E-state index < -0.39 is 0 Å². The van der Waals surface area contributed by atoms with Crippen LogP contribution in [-0.2, 0) is 6.42 Å². The van der Waals surface area contributed by atoms with Crippen molar-refractivity contribution in [2.75, 3.05) is 19.7 Å². The van der Waals surface area contributed by atoms with E-state index in [-0.39, 0.29) is 5.41 Å². The number of fused-ring (bicyclic) bond motifs is 1. The number of nitrogens with zero attached hydrogens (tertiary/aromatic N) is 1. The second kappa shape index (κ2) is 5.72. The van der Waals surface area contributed by atoms with Crippen molar-refractivity contribution in [3.8, 4) is 0 Å². The van der Waals surface area contributed by atoms with Crippen molar-refractivity contribution in [1.29, 1.82) is 0 Å². The molecule has 1 N–H and O–H groups in total. The Balaban J connectivity index is 2.07.